The van der Waals surface area contributed by atoms with Gasteiger partial charge in [-0.05, 0) is 6.08 Å². The van der Waals surface area contributed by atoms with Crippen LogP contribution in [0.25, 0.3) is 0 Å². The van der Waals surface area contributed by atoms with Gasteiger partial charge in [0.2, 0.25) is 12.0 Å². The van der Waals surface area contributed by atoms with E-state index in [-0.39, 0.29) is 6.08 Å². The minimum absolute atomic E-state index is 0.262. The minimum atomic E-state index is -6.05. The van der Waals surface area contributed by atoms with Crippen LogP contribution in [0.3, 0.4) is 0 Å². The van der Waals surface area contributed by atoms with Crippen molar-refractivity contribution < 1.29 is 173 Å². The molecule has 0 spiro atoms. The number of aliphatic hydroxyl groups is 6. The van der Waals surface area contributed by atoms with Crippen LogP contribution < -0.4 is 9.44 Å². The van der Waals surface area contributed by atoms with Gasteiger partial charge in [0, 0.05) is 0 Å². The Morgan fingerprint density at radius 1 is 0.671 bits per heavy atom. The molecular weight excluding hydrogens is 1120 g/mol. The maximum Gasteiger partial charge on any atom is 0.397 e. The Labute approximate surface area is 391 Å². The molecule has 3 aliphatic heterocycles. The van der Waals surface area contributed by atoms with Gasteiger partial charge in [0.15, 0.2) is 30.9 Å². The second-order valence-corrected chi connectivity index (χ2v) is 20.5. The zero-order valence-corrected chi connectivity index (χ0v) is 38.4. The molecule has 0 radical (unpaired) electrons. The third-order valence-corrected chi connectivity index (χ3v) is 11.8. The zero-order valence-electron chi connectivity index (χ0n) is 33.5. The maximum absolute atomic E-state index is 12.7. The maximum atomic E-state index is 12.7. The average molecular weight is 1160 g/mol. The molecule has 0 bridgehead atoms. The fourth-order valence-corrected chi connectivity index (χ4v) is 8.96. The van der Waals surface area contributed by atoms with Gasteiger partial charge in [-0.1, -0.05) is 0 Å². The molecule has 0 aromatic carbocycles. The molecule has 2 fully saturated rings. The zero-order chi connectivity index (χ0) is 53.9. The number of carbonyl (C=O) groups is 2. The van der Waals surface area contributed by atoms with E-state index >= 15 is 0 Å². The average Bonchev–Trinajstić information content (AvgIpc) is 3.17. The highest BCUT2D eigenvalue weighted by atomic mass is 32.3. The van der Waals surface area contributed by atoms with Crippen molar-refractivity contribution in [1.82, 2.24) is 9.44 Å². The first-order chi connectivity index (χ1) is 31.6. The lowest BCUT2D eigenvalue weighted by atomic mass is 9.95. The Balaban J connectivity index is 2.19. The summed E-state index contributed by atoms with van der Waals surface area (Å²) >= 11 is 0. The smallest absolute Gasteiger partial charge is 0.397 e. The largest absolute Gasteiger partial charge is 0.479 e. The predicted octanol–water partition coefficient (Wildman–Crippen LogP) is -10.7. The number of rotatable bonds is 26. The number of hydrogen-bond acceptors (Lipinski definition) is 30. The van der Waals surface area contributed by atoms with Crippen LogP contribution in [-0.2, 0) is 117 Å². The Morgan fingerprint density at radius 3 is 1.69 bits per heavy atom. The van der Waals surface area contributed by atoms with E-state index in [2.05, 4.69) is 16.7 Å². The molecule has 0 aromatic heterocycles. The first-order valence-electron chi connectivity index (χ1n) is 17.8. The predicted molar refractivity (Wildman–Crippen MR) is 202 cm³/mol. The molecule has 0 aliphatic carbocycles. The van der Waals surface area contributed by atoms with E-state index in [1.165, 1.54) is 9.44 Å². The van der Waals surface area contributed by atoms with Crippen molar-refractivity contribution in [1.29, 1.82) is 0 Å². The van der Waals surface area contributed by atoms with Crippen LogP contribution in [0.15, 0.2) is 11.8 Å². The van der Waals surface area contributed by atoms with Crippen molar-refractivity contribution in [3.63, 3.8) is 0 Å². The van der Waals surface area contributed by atoms with Crippen molar-refractivity contribution in [2.45, 2.75) is 104 Å². The molecule has 3 aliphatic rings. The van der Waals surface area contributed by atoms with Gasteiger partial charge in [-0.3, -0.25) is 27.3 Å². The lowest BCUT2D eigenvalue weighted by molar-refractivity contribution is -0.355. The molecule has 16 N–H and O–H groups in total. The first-order valence-corrected chi connectivity index (χ1v) is 26.1. The Kier molecular flexibility index (Phi) is 20.8. The topological polar surface area (TPSA) is 639 Å². The van der Waals surface area contributed by atoms with Crippen LogP contribution in [-0.4, -0.2) is 255 Å². The highest BCUT2D eigenvalue weighted by Gasteiger charge is 2.58. The standard InChI is InChI=1S/C24H40N2O38S6/c27-2-5(25-65(37,38)39)11(30)14(7(29)3-55-67(43,44)45)59-24-18(64-70(52,53)54)13(32)17(19(62-24)21(35)36)61-22-10(26-66(40,41)42)12(31)16(9(58-22)4-56-68(46,47)48)60-23-15(63-69(49,50)51)6(28)1-8(57-23)20(33)34/h1,5-7,9-19,22-32H,2-4H2,(H,33,34)(H,35,36)(H,37,38,39)(H,40,41,42)(H,43,44,45)(H,46,47,48)(H,49,50,51)(H,52,53,54)/t5-,6-,7+,9+,10+,11+,12+,13-,14+,15+,16+,17-,18+,19-,22+,23-,24+/m0/s1. The number of carboxylic acids is 2. The Hall–Kier alpha value is -2.74. The Morgan fingerprint density at radius 2 is 1.21 bits per heavy atom. The highest BCUT2D eigenvalue weighted by Crippen LogP contribution is 2.35. The summed E-state index contributed by atoms with van der Waals surface area (Å²) < 4.78 is 246. The minimum Gasteiger partial charge on any atom is -0.479 e. The van der Waals surface area contributed by atoms with E-state index in [1.54, 1.807) is 0 Å². The Bertz CT molecular complexity index is 2560. The molecular formula is C24H40N2O38S6. The molecule has 46 heteroatoms. The number of aliphatic carboxylic acids is 2. The summed E-state index contributed by atoms with van der Waals surface area (Å²) in [5.41, 5.74) is 0. The lowest BCUT2D eigenvalue weighted by Gasteiger charge is -2.48. The molecule has 17 atom stereocenters. The summed E-state index contributed by atoms with van der Waals surface area (Å²) in [6, 6.07) is -5.31. The summed E-state index contributed by atoms with van der Waals surface area (Å²) in [6.45, 7) is -5.08. The fraction of sp³-hybridized carbons (Fsp3) is 0.833. The number of ether oxygens (including phenoxy) is 6. The van der Waals surface area contributed by atoms with E-state index < -0.39 is 204 Å². The molecule has 0 saturated carbocycles. The van der Waals surface area contributed by atoms with Crippen LogP contribution in [0.1, 0.15) is 0 Å². The van der Waals surface area contributed by atoms with Crippen LogP contribution >= 0.6 is 0 Å². The highest BCUT2D eigenvalue weighted by molar-refractivity contribution is 7.84. The fourth-order valence-electron chi connectivity index (χ4n) is 6.18. The molecule has 3 heterocycles. The molecule has 0 amide bonds. The van der Waals surface area contributed by atoms with Crippen molar-refractivity contribution in [2.24, 2.45) is 0 Å². The SMILES string of the molecule is O=C(O)C1=C[C@H](O)[C@@H](OS(=O)(=O)O)[C@H](O[C@H]2[C@H](O)[C@@H](NS(=O)(=O)O)[C@@H](O[C@H]3[C@H](O)[C@@H](OS(=O)(=O)O)[C@H](O[C@@H]([C@H](O)[C@H](CO)NS(=O)(=O)O)[C@H](O)COS(=O)(=O)O)O[C@@H]3C(=O)O)O[C@@H]2COS(=O)(=O)O)O1. The van der Waals surface area contributed by atoms with Crippen molar-refractivity contribution in [3.8, 4) is 0 Å². The summed E-state index contributed by atoms with van der Waals surface area (Å²) in [4.78, 5) is 24.3. The molecule has 410 valence electrons. The van der Waals surface area contributed by atoms with E-state index in [9.17, 15) is 124 Å². The molecule has 0 unspecified atom stereocenters. The second-order valence-electron chi connectivity index (χ2n) is 13.9. The van der Waals surface area contributed by atoms with Gasteiger partial charge in [-0.2, -0.15) is 60.0 Å². The third kappa shape index (κ3) is 18.9. The summed E-state index contributed by atoms with van der Waals surface area (Å²) in [7, 11) is -34.2. The van der Waals surface area contributed by atoms with E-state index in [0.29, 0.717) is 0 Å². The van der Waals surface area contributed by atoms with Gasteiger partial charge in [0.05, 0.1) is 25.9 Å². The number of hydrogen-bond donors (Lipinski definition) is 16. The van der Waals surface area contributed by atoms with Gasteiger partial charge in [-0.25, -0.2) is 26.3 Å². The molecule has 2 saturated heterocycles. The second kappa shape index (κ2) is 23.6. The van der Waals surface area contributed by atoms with Crippen molar-refractivity contribution in [2.75, 3.05) is 19.8 Å². The number of carboxylic acid groups (broad SMARTS) is 2. The van der Waals surface area contributed by atoms with Crippen LogP contribution in [0.2, 0.25) is 0 Å². The number of aliphatic hydroxyl groups excluding tert-OH is 6. The van der Waals surface area contributed by atoms with Gasteiger partial charge >= 0.3 is 74.1 Å². The summed E-state index contributed by atoms with van der Waals surface area (Å²) in [5.74, 6) is -5.77. The number of nitrogens with one attached hydrogen (secondary N) is 2. The summed E-state index contributed by atoms with van der Waals surface area (Å²) in [6.07, 6.45) is -42.7. The van der Waals surface area contributed by atoms with Gasteiger partial charge in [-0.15, -0.1) is 0 Å². The monoisotopic (exact) mass is 1160 g/mol. The van der Waals surface area contributed by atoms with Gasteiger partial charge in [0.1, 0.15) is 61.0 Å². The lowest BCUT2D eigenvalue weighted by Crippen LogP contribution is -2.69. The molecule has 70 heavy (non-hydrogen) atoms. The van der Waals surface area contributed by atoms with Crippen LogP contribution in [0.4, 0.5) is 0 Å². The molecule has 0 aromatic rings. The quantitative estimate of drug-likeness (QED) is 0.0358. The third-order valence-electron chi connectivity index (χ3n) is 8.84. The van der Waals surface area contributed by atoms with Crippen LogP contribution in [0.5, 0.6) is 0 Å². The summed E-state index contributed by atoms with van der Waals surface area (Å²) in [5, 5.41) is 84.2. The van der Waals surface area contributed by atoms with E-state index in [4.69, 9.17) is 33.0 Å². The van der Waals surface area contributed by atoms with Gasteiger partial charge in [0.25, 0.3) is 0 Å². The van der Waals surface area contributed by atoms with Crippen molar-refractivity contribution in [3.05, 3.63) is 11.8 Å². The van der Waals surface area contributed by atoms with E-state index in [0.717, 1.165) is 0 Å². The first kappa shape index (κ1) is 61.6. The van der Waals surface area contributed by atoms with Crippen molar-refractivity contribution >= 4 is 74.1 Å². The van der Waals surface area contributed by atoms with Crippen LogP contribution in [0, 0.1) is 0 Å². The normalized spacial score (nSPS) is 32.5. The van der Waals surface area contributed by atoms with E-state index in [1.807, 2.05) is 0 Å². The molecule has 3 rings (SSSR count). The molecule has 40 nitrogen and oxygen atoms in total. The van der Waals surface area contributed by atoms with Gasteiger partial charge < -0.3 is 69.3 Å².